The molecule has 2 fully saturated rings. The summed E-state index contributed by atoms with van der Waals surface area (Å²) in [6.07, 6.45) is -0.498. The third-order valence-corrected chi connectivity index (χ3v) is 7.77. The first-order chi connectivity index (χ1) is 16.6. The Labute approximate surface area is 219 Å². The van der Waals surface area contributed by atoms with Gasteiger partial charge in [-0.2, -0.15) is 0 Å². The number of fused-ring (bicyclic) bond motifs is 1. The molecule has 1 aromatic rings. The molecule has 0 bridgehead atoms. The van der Waals surface area contributed by atoms with Gasteiger partial charge < -0.3 is 30.9 Å². The second-order valence-electron chi connectivity index (χ2n) is 10.3. The number of ether oxygens (including phenoxy) is 1. The largest absolute Gasteiger partial charge is 0.481 e. The zero-order valence-corrected chi connectivity index (χ0v) is 22.2. The molecule has 0 saturated heterocycles. The van der Waals surface area contributed by atoms with E-state index in [9.17, 15) is 29.4 Å². The molecule has 198 valence electrons. The molecule has 5 atom stereocenters. The maximum absolute atomic E-state index is 13.0. The monoisotopic (exact) mass is 543 g/mol. The van der Waals surface area contributed by atoms with Crippen LogP contribution in [0.4, 0.5) is 15.3 Å². The lowest BCUT2D eigenvalue weighted by Crippen LogP contribution is -2.69. The summed E-state index contributed by atoms with van der Waals surface area (Å²) in [5, 5.41) is 29.0. The van der Waals surface area contributed by atoms with Crippen LogP contribution in [0.25, 0.3) is 0 Å². The van der Waals surface area contributed by atoms with Gasteiger partial charge in [-0.05, 0) is 57.7 Å². The van der Waals surface area contributed by atoms with Crippen LogP contribution in [0.2, 0.25) is 10.0 Å². The predicted molar refractivity (Wildman–Crippen MR) is 133 cm³/mol. The van der Waals surface area contributed by atoms with E-state index in [1.54, 1.807) is 34.6 Å². The standard InChI is InChI=1S/C24H31Cl2N3O7/c1-6-23(7-2)17(28-20(34)27-13-9-11(25)8-12(26)10-13)14-15(18(30)31)16(14)24(23,19(32)33)29-21(35)36-22(3,4)5/h8-10,14-17H,6-7H2,1-5H3,(H,29,35)(H,30,31)(H,32,33)(H2,27,28,34)/t14-,15-,16+,17+,24-/m1/s1. The van der Waals surface area contributed by atoms with Crippen molar-refractivity contribution in [1.82, 2.24) is 10.6 Å². The number of benzene rings is 1. The second-order valence-corrected chi connectivity index (χ2v) is 11.2. The van der Waals surface area contributed by atoms with Gasteiger partial charge in [-0.1, -0.05) is 37.0 Å². The lowest BCUT2D eigenvalue weighted by atomic mass is 9.62. The van der Waals surface area contributed by atoms with E-state index in [4.69, 9.17) is 27.9 Å². The zero-order valence-electron chi connectivity index (χ0n) is 20.6. The van der Waals surface area contributed by atoms with E-state index in [1.807, 2.05) is 0 Å². The number of hydrogen-bond acceptors (Lipinski definition) is 5. The van der Waals surface area contributed by atoms with Gasteiger partial charge in [0.25, 0.3) is 0 Å². The van der Waals surface area contributed by atoms with E-state index in [0.29, 0.717) is 15.7 Å². The highest BCUT2D eigenvalue weighted by atomic mass is 35.5. The number of aliphatic carboxylic acids is 2. The number of carboxylic acids is 2. The summed E-state index contributed by atoms with van der Waals surface area (Å²) in [6.45, 7) is 8.42. The molecule has 2 aliphatic rings. The number of urea groups is 1. The summed E-state index contributed by atoms with van der Waals surface area (Å²) in [4.78, 5) is 50.9. The minimum atomic E-state index is -1.98. The number of carbonyl (C=O) groups excluding carboxylic acids is 2. The lowest BCUT2D eigenvalue weighted by Gasteiger charge is -2.48. The molecule has 0 heterocycles. The first-order valence-electron chi connectivity index (χ1n) is 11.6. The normalized spacial score (nSPS) is 28.0. The molecule has 2 aliphatic carbocycles. The van der Waals surface area contributed by atoms with Gasteiger partial charge in [-0.25, -0.2) is 14.4 Å². The van der Waals surface area contributed by atoms with Crippen LogP contribution >= 0.6 is 23.2 Å². The summed E-state index contributed by atoms with van der Waals surface area (Å²) in [5.74, 6) is -5.32. The minimum absolute atomic E-state index is 0.235. The van der Waals surface area contributed by atoms with E-state index in [2.05, 4.69) is 16.0 Å². The molecular weight excluding hydrogens is 513 g/mol. The number of amides is 3. The van der Waals surface area contributed by atoms with Crippen molar-refractivity contribution in [3.8, 4) is 0 Å². The summed E-state index contributed by atoms with van der Waals surface area (Å²) in [6, 6.07) is 2.91. The Balaban J connectivity index is 2.02. The first kappa shape index (κ1) is 27.9. The van der Waals surface area contributed by atoms with Crippen molar-refractivity contribution in [3.63, 3.8) is 0 Å². The molecule has 3 rings (SSSR count). The summed E-state index contributed by atoms with van der Waals surface area (Å²) < 4.78 is 5.35. The molecule has 1 aromatic carbocycles. The van der Waals surface area contributed by atoms with E-state index >= 15 is 0 Å². The van der Waals surface area contributed by atoms with Gasteiger partial charge in [0.15, 0.2) is 5.54 Å². The van der Waals surface area contributed by atoms with Gasteiger partial charge in [0.2, 0.25) is 0 Å². The van der Waals surface area contributed by atoms with E-state index in [-0.39, 0.29) is 12.8 Å². The Kier molecular flexibility index (Phi) is 7.45. The van der Waals surface area contributed by atoms with Crippen LogP contribution in [0.1, 0.15) is 47.5 Å². The van der Waals surface area contributed by atoms with Crippen LogP contribution in [0, 0.1) is 23.2 Å². The molecule has 3 amide bonds. The summed E-state index contributed by atoms with van der Waals surface area (Å²) >= 11 is 12.0. The fourth-order valence-electron chi connectivity index (χ4n) is 6.07. The van der Waals surface area contributed by atoms with E-state index in [1.165, 1.54) is 18.2 Å². The number of hydrogen-bond donors (Lipinski definition) is 5. The van der Waals surface area contributed by atoms with Crippen LogP contribution in [-0.2, 0) is 14.3 Å². The average molecular weight is 544 g/mol. The maximum Gasteiger partial charge on any atom is 0.408 e. The summed E-state index contributed by atoms with van der Waals surface area (Å²) in [7, 11) is 0. The van der Waals surface area contributed by atoms with Crippen LogP contribution in [0.3, 0.4) is 0 Å². The van der Waals surface area contributed by atoms with Crippen LogP contribution in [0.5, 0.6) is 0 Å². The highest BCUT2D eigenvalue weighted by Gasteiger charge is 2.84. The maximum atomic E-state index is 13.0. The fourth-order valence-corrected chi connectivity index (χ4v) is 6.59. The Morgan fingerprint density at radius 2 is 1.58 bits per heavy atom. The first-order valence-corrected chi connectivity index (χ1v) is 12.4. The Bertz CT molecular complexity index is 1070. The van der Waals surface area contributed by atoms with Crippen molar-refractivity contribution in [1.29, 1.82) is 0 Å². The fraction of sp³-hybridized carbons (Fsp3) is 0.583. The van der Waals surface area contributed by atoms with E-state index < -0.39 is 64.4 Å². The molecular formula is C24H31Cl2N3O7. The highest BCUT2D eigenvalue weighted by Crippen LogP contribution is 2.71. The topological polar surface area (TPSA) is 154 Å². The van der Waals surface area contributed by atoms with Gasteiger partial charge in [0.05, 0.1) is 5.92 Å². The van der Waals surface area contributed by atoms with Gasteiger partial charge >= 0.3 is 24.1 Å². The molecule has 12 heteroatoms. The smallest absolute Gasteiger partial charge is 0.408 e. The van der Waals surface area contributed by atoms with Crippen molar-refractivity contribution in [2.75, 3.05) is 5.32 Å². The lowest BCUT2D eigenvalue weighted by molar-refractivity contribution is -0.155. The van der Waals surface area contributed by atoms with Gasteiger partial charge in [0, 0.05) is 33.1 Å². The van der Waals surface area contributed by atoms with Crippen molar-refractivity contribution in [2.45, 2.75) is 64.6 Å². The van der Waals surface area contributed by atoms with E-state index in [0.717, 1.165) is 0 Å². The summed E-state index contributed by atoms with van der Waals surface area (Å²) in [5.41, 5.74) is -3.79. The predicted octanol–water partition coefficient (Wildman–Crippen LogP) is 4.60. The molecule has 0 radical (unpaired) electrons. The minimum Gasteiger partial charge on any atom is -0.481 e. The molecule has 5 N–H and O–H groups in total. The molecule has 0 aliphatic heterocycles. The van der Waals surface area contributed by atoms with Gasteiger partial charge in [-0.3, -0.25) is 4.79 Å². The molecule has 0 aromatic heterocycles. The number of alkyl carbamates (subject to hydrolysis) is 1. The molecule has 2 saturated carbocycles. The van der Waals surface area contributed by atoms with Gasteiger partial charge in [-0.15, -0.1) is 0 Å². The van der Waals surface area contributed by atoms with Crippen LogP contribution < -0.4 is 16.0 Å². The SMILES string of the molecule is CCC1(CC)[C@@H](NC(=O)Nc2cc(Cl)cc(Cl)c2)[C@@H]2[C@@H](C(=O)O)[C@H]2[C@@]1(NC(=O)OC(C)(C)C)C(=O)O. The Morgan fingerprint density at radius 1 is 1.03 bits per heavy atom. The van der Waals surface area contributed by atoms with Gasteiger partial charge in [0.1, 0.15) is 5.60 Å². The van der Waals surface area contributed by atoms with Crippen molar-refractivity contribution in [2.24, 2.45) is 23.2 Å². The third kappa shape index (κ3) is 4.68. The number of anilines is 1. The quantitative estimate of drug-likeness (QED) is 0.336. The zero-order chi connectivity index (χ0) is 27.2. The highest BCUT2D eigenvalue weighted by molar-refractivity contribution is 6.35. The van der Waals surface area contributed by atoms with Crippen LogP contribution in [-0.4, -0.2) is 51.5 Å². The number of nitrogens with one attached hydrogen (secondary N) is 3. The van der Waals surface area contributed by atoms with Crippen molar-refractivity contribution >= 4 is 53.0 Å². The molecule has 10 nitrogen and oxygen atoms in total. The van der Waals surface area contributed by atoms with Crippen molar-refractivity contribution in [3.05, 3.63) is 28.2 Å². The molecule has 36 heavy (non-hydrogen) atoms. The Morgan fingerprint density at radius 3 is 2.03 bits per heavy atom. The van der Waals surface area contributed by atoms with Crippen LogP contribution in [0.15, 0.2) is 18.2 Å². The molecule has 0 unspecified atom stereocenters. The number of halogens is 2. The number of carboxylic acid groups (broad SMARTS) is 2. The van der Waals surface area contributed by atoms with Crippen molar-refractivity contribution < 1.29 is 34.1 Å². The number of rotatable bonds is 7. The third-order valence-electron chi connectivity index (χ3n) is 7.33. The Hall–Kier alpha value is -2.72. The number of carbonyl (C=O) groups is 4. The second kappa shape index (κ2) is 9.63. The molecule has 0 spiro atoms. The average Bonchev–Trinajstić information content (AvgIpc) is 3.41.